The first kappa shape index (κ1) is 20.7. The molecule has 0 radical (unpaired) electrons. The first-order chi connectivity index (χ1) is 16.6. The molecule has 0 spiro atoms. The van der Waals surface area contributed by atoms with Gasteiger partial charge in [0.05, 0.1) is 5.69 Å². The number of pyridine rings is 1. The lowest BCUT2D eigenvalue weighted by molar-refractivity contribution is 0.484. The minimum absolute atomic E-state index is 0.263. The van der Waals surface area contributed by atoms with Gasteiger partial charge in [-0.2, -0.15) is 5.10 Å². The van der Waals surface area contributed by atoms with Crippen molar-refractivity contribution < 1.29 is 4.39 Å². The van der Waals surface area contributed by atoms with Crippen LogP contribution < -0.4 is 4.90 Å². The average Bonchev–Trinajstić information content (AvgIpc) is 3.52. The standard InChI is InChI=1S/C26H24FN7/c1-16-12-19(6-9-28-16)20-13-22-23(14-20)29-15-30-26(22)34-10-7-18(8-11-34)25-31-24(32-33-25)17-2-4-21(27)5-3-17/h2-6,9,12-13,15,18H,7-8,10-11,14H2,1H3,(H,31,32,33). The number of nitrogens with one attached hydrogen (secondary N) is 1. The molecule has 1 saturated heterocycles. The van der Waals surface area contributed by atoms with Gasteiger partial charge in [0.15, 0.2) is 5.82 Å². The van der Waals surface area contributed by atoms with Crippen molar-refractivity contribution in [1.82, 2.24) is 30.1 Å². The first-order valence-electron chi connectivity index (χ1n) is 11.5. The fourth-order valence-electron chi connectivity index (χ4n) is 4.85. The lowest BCUT2D eigenvalue weighted by Gasteiger charge is -2.32. The van der Waals surface area contributed by atoms with E-state index in [-0.39, 0.29) is 5.82 Å². The molecule has 0 bridgehead atoms. The van der Waals surface area contributed by atoms with Gasteiger partial charge in [-0.3, -0.25) is 10.1 Å². The largest absolute Gasteiger partial charge is 0.356 e. The van der Waals surface area contributed by atoms with Crippen LogP contribution in [0.5, 0.6) is 0 Å². The normalized spacial score (nSPS) is 15.9. The molecule has 4 heterocycles. The smallest absolute Gasteiger partial charge is 0.181 e. The Balaban J connectivity index is 1.18. The SMILES string of the molecule is Cc1cc(C2=Cc3c(ncnc3N3CCC(c4nc(-c5ccc(F)cc5)n[nH]4)CC3)C2)ccn1. The molecule has 4 aromatic rings. The topological polar surface area (TPSA) is 83.5 Å². The van der Waals surface area contributed by atoms with E-state index in [0.717, 1.165) is 66.5 Å². The fraction of sp³-hybridized carbons (Fsp3) is 0.269. The molecule has 8 heteroatoms. The lowest BCUT2D eigenvalue weighted by Crippen LogP contribution is -2.34. The molecule has 1 aliphatic carbocycles. The highest BCUT2D eigenvalue weighted by Crippen LogP contribution is 2.37. The molecule has 3 aromatic heterocycles. The minimum atomic E-state index is -0.263. The summed E-state index contributed by atoms with van der Waals surface area (Å²) in [6.45, 7) is 3.79. The number of H-pyrrole nitrogens is 1. The van der Waals surface area contributed by atoms with Gasteiger partial charge in [-0.1, -0.05) is 0 Å². The van der Waals surface area contributed by atoms with Crippen LogP contribution in [0.3, 0.4) is 0 Å². The van der Waals surface area contributed by atoms with Crippen LogP contribution in [-0.4, -0.2) is 43.2 Å². The van der Waals surface area contributed by atoms with Crippen molar-refractivity contribution in [3.63, 3.8) is 0 Å². The van der Waals surface area contributed by atoms with E-state index in [9.17, 15) is 4.39 Å². The molecule has 0 unspecified atom stereocenters. The van der Waals surface area contributed by atoms with Crippen molar-refractivity contribution >= 4 is 17.5 Å². The molecular weight excluding hydrogens is 429 g/mol. The zero-order valence-corrected chi connectivity index (χ0v) is 18.9. The molecule has 7 nitrogen and oxygen atoms in total. The summed E-state index contributed by atoms with van der Waals surface area (Å²) in [7, 11) is 0. The molecule has 1 aromatic carbocycles. The predicted octanol–water partition coefficient (Wildman–Crippen LogP) is 4.58. The van der Waals surface area contributed by atoms with Crippen molar-refractivity contribution in [2.75, 3.05) is 18.0 Å². The van der Waals surface area contributed by atoms with Crippen LogP contribution >= 0.6 is 0 Å². The minimum Gasteiger partial charge on any atom is -0.356 e. The van der Waals surface area contributed by atoms with Gasteiger partial charge in [-0.25, -0.2) is 19.3 Å². The highest BCUT2D eigenvalue weighted by Gasteiger charge is 2.28. The number of rotatable bonds is 4. The van der Waals surface area contributed by atoms with Gasteiger partial charge in [-0.15, -0.1) is 0 Å². The molecule has 0 atom stereocenters. The van der Waals surface area contributed by atoms with E-state index in [1.807, 2.05) is 13.1 Å². The summed E-state index contributed by atoms with van der Waals surface area (Å²) in [6.07, 6.45) is 8.50. The zero-order valence-electron chi connectivity index (χ0n) is 18.9. The number of anilines is 1. The second-order valence-corrected chi connectivity index (χ2v) is 8.90. The number of nitrogens with zero attached hydrogens (tertiary/aromatic N) is 6. The Morgan fingerprint density at radius 1 is 1.00 bits per heavy atom. The van der Waals surface area contributed by atoms with Crippen molar-refractivity contribution in [2.45, 2.75) is 32.1 Å². The van der Waals surface area contributed by atoms with Gasteiger partial charge in [0.25, 0.3) is 0 Å². The first-order valence-corrected chi connectivity index (χ1v) is 11.5. The quantitative estimate of drug-likeness (QED) is 0.487. The molecule has 0 saturated carbocycles. The van der Waals surface area contributed by atoms with E-state index in [1.165, 1.54) is 23.3 Å². The molecule has 2 aliphatic rings. The van der Waals surface area contributed by atoms with Crippen LogP contribution in [0.2, 0.25) is 0 Å². The van der Waals surface area contributed by atoms with E-state index in [1.54, 1.807) is 18.5 Å². The predicted molar refractivity (Wildman–Crippen MR) is 129 cm³/mol. The second kappa shape index (κ2) is 8.44. The summed E-state index contributed by atoms with van der Waals surface area (Å²) in [4.78, 5) is 20.6. The van der Waals surface area contributed by atoms with Crippen LogP contribution in [0.25, 0.3) is 23.0 Å². The summed E-state index contributed by atoms with van der Waals surface area (Å²) < 4.78 is 13.2. The van der Waals surface area contributed by atoms with Crippen molar-refractivity contribution in [3.8, 4) is 11.4 Å². The fourth-order valence-corrected chi connectivity index (χ4v) is 4.85. The number of halogens is 1. The van der Waals surface area contributed by atoms with Gasteiger partial charge in [-0.05, 0) is 73.4 Å². The number of fused-ring (bicyclic) bond motifs is 1. The van der Waals surface area contributed by atoms with E-state index in [4.69, 9.17) is 4.98 Å². The average molecular weight is 454 g/mol. The molecule has 1 fully saturated rings. The molecular formula is C26H24FN7. The highest BCUT2D eigenvalue weighted by molar-refractivity contribution is 5.91. The van der Waals surface area contributed by atoms with Gasteiger partial charge >= 0.3 is 0 Å². The molecule has 0 amide bonds. The summed E-state index contributed by atoms with van der Waals surface area (Å²) in [5, 5.41) is 7.45. The zero-order chi connectivity index (χ0) is 23.1. The number of hydrogen-bond donors (Lipinski definition) is 1. The van der Waals surface area contributed by atoms with Crippen molar-refractivity contribution in [1.29, 1.82) is 0 Å². The monoisotopic (exact) mass is 453 g/mol. The number of benzene rings is 1. The van der Waals surface area contributed by atoms with Crippen LogP contribution in [0.1, 0.15) is 47.1 Å². The van der Waals surface area contributed by atoms with E-state index in [0.29, 0.717) is 11.7 Å². The van der Waals surface area contributed by atoms with Crippen LogP contribution in [-0.2, 0) is 6.42 Å². The number of piperidine rings is 1. The van der Waals surface area contributed by atoms with Gasteiger partial charge in [0.1, 0.15) is 23.8 Å². The van der Waals surface area contributed by atoms with E-state index >= 15 is 0 Å². The maximum absolute atomic E-state index is 13.2. The molecule has 170 valence electrons. The number of allylic oxidation sites excluding steroid dienone is 1. The van der Waals surface area contributed by atoms with Crippen LogP contribution in [0.4, 0.5) is 10.2 Å². The Labute approximate surface area is 196 Å². The third-order valence-electron chi connectivity index (χ3n) is 6.68. The Hall–Kier alpha value is -3.94. The maximum atomic E-state index is 13.2. The van der Waals surface area contributed by atoms with Gasteiger partial charge < -0.3 is 4.90 Å². The van der Waals surface area contributed by atoms with Crippen LogP contribution in [0, 0.1) is 12.7 Å². The highest BCUT2D eigenvalue weighted by atomic mass is 19.1. The Morgan fingerprint density at radius 3 is 2.62 bits per heavy atom. The molecule has 6 rings (SSSR count). The van der Waals surface area contributed by atoms with Gasteiger partial charge in [0, 0.05) is 48.4 Å². The number of hydrogen-bond acceptors (Lipinski definition) is 6. The Morgan fingerprint density at radius 2 is 1.82 bits per heavy atom. The van der Waals surface area contributed by atoms with E-state index in [2.05, 4.69) is 48.3 Å². The van der Waals surface area contributed by atoms with Crippen molar-refractivity contribution in [2.24, 2.45) is 0 Å². The molecule has 1 N–H and O–H groups in total. The summed E-state index contributed by atoms with van der Waals surface area (Å²) in [5.41, 5.74) is 6.48. The Bertz CT molecular complexity index is 1370. The van der Waals surface area contributed by atoms with E-state index < -0.39 is 0 Å². The maximum Gasteiger partial charge on any atom is 0.181 e. The third-order valence-corrected chi connectivity index (χ3v) is 6.68. The number of aromatic nitrogens is 6. The summed E-state index contributed by atoms with van der Waals surface area (Å²) >= 11 is 0. The molecule has 34 heavy (non-hydrogen) atoms. The molecule has 1 aliphatic heterocycles. The van der Waals surface area contributed by atoms with Crippen molar-refractivity contribution in [3.05, 3.63) is 83.1 Å². The van der Waals surface area contributed by atoms with Gasteiger partial charge in [0.2, 0.25) is 0 Å². The van der Waals surface area contributed by atoms with Crippen LogP contribution in [0.15, 0.2) is 48.9 Å². The number of aromatic amines is 1. The number of aryl methyl sites for hydroxylation is 1. The second-order valence-electron chi connectivity index (χ2n) is 8.90. The lowest BCUT2D eigenvalue weighted by atomic mass is 9.96. The summed E-state index contributed by atoms with van der Waals surface area (Å²) in [6, 6.07) is 10.4. The Kier molecular flexibility index (Phi) is 5.13. The third kappa shape index (κ3) is 3.85. The summed E-state index contributed by atoms with van der Waals surface area (Å²) in [5.74, 6) is 2.55.